The molecule has 1 aliphatic carbocycles. The molecule has 2 unspecified atom stereocenters. The first-order valence-corrected chi connectivity index (χ1v) is 9.00. The van der Waals surface area contributed by atoms with Gasteiger partial charge in [-0.3, -0.25) is 9.59 Å². The van der Waals surface area contributed by atoms with E-state index in [1.165, 1.54) is 12.1 Å². The van der Waals surface area contributed by atoms with Gasteiger partial charge in [-0.2, -0.15) is 0 Å². The predicted octanol–water partition coefficient (Wildman–Crippen LogP) is 2.45. The molecule has 0 spiro atoms. The molecule has 1 aliphatic rings. The van der Waals surface area contributed by atoms with Gasteiger partial charge >= 0.3 is 0 Å². The van der Waals surface area contributed by atoms with Gasteiger partial charge in [-0.25, -0.2) is 4.39 Å². The van der Waals surface area contributed by atoms with Gasteiger partial charge in [0.2, 0.25) is 11.8 Å². The van der Waals surface area contributed by atoms with E-state index in [4.69, 9.17) is 4.74 Å². The van der Waals surface area contributed by atoms with Crippen molar-refractivity contribution in [2.45, 2.75) is 19.4 Å². The van der Waals surface area contributed by atoms with Crippen molar-refractivity contribution in [3.63, 3.8) is 0 Å². The second kappa shape index (κ2) is 8.66. The summed E-state index contributed by atoms with van der Waals surface area (Å²) in [6.45, 7) is 0.842. The highest BCUT2D eigenvalue weighted by Crippen LogP contribution is 2.38. The van der Waals surface area contributed by atoms with E-state index < -0.39 is 0 Å². The third-order valence-electron chi connectivity index (χ3n) is 4.74. The Kier molecular flexibility index (Phi) is 6.06. The zero-order valence-corrected chi connectivity index (χ0v) is 15.2. The number of para-hydroxylation sites is 1. The van der Waals surface area contributed by atoms with Gasteiger partial charge in [-0.1, -0.05) is 30.3 Å². The third kappa shape index (κ3) is 5.06. The van der Waals surface area contributed by atoms with Crippen LogP contribution in [0, 0.1) is 17.7 Å². The predicted molar refractivity (Wildman–Crippen MR) is 99.6 cm³/mol. The Morgan fingerprint density at radius 2 is 1.70 bits per heavy atom. The van der Waals surface area contributed by atoms with Crippen LogP contribution in [0.1, 0.15) is 17.5 Å². The van der Waals surface area contributed by atoms with Gasteiger partial charge in [-0.05, 0) is 36.6 Å². The molecule has 2 atom stereocenters. The smallest absolute Gasteiger partial charge is 0.224 e. The van der Waals surface area contributed by atoms with Gasteiger partial charge in [0.1, 0.15) is 11.6 Å². The molecule has 142 valence electrons. The van der Waals surface area contributed by atoms with Gasteiger partial charge in [0, 0.05) is 18.7 Å². The number of rotatable bonds is 8. The minimum Gasteiger partial charge on any atom is -0.496 e. The molecule has 0 radical (unpaired) electrons. The molecule has 2 N–H and O–H groups in total. The first-order valence-electron chi connectivity index (χ1n) is 9.00. The Balaban J connectivity index is 1.39. The van der Waals surface area contributed by atoms with Crippen LogP contribution < -0.4 is 15.4 Å². The first kappa shape index (κ1) is 18.9. The number of hydrogen-bond donors (Lipinski definition) is 2. The lowest BCUT2D eigenvalue weighted by molar-refractivity contribution is -0.127. The molecular weight excluding hydrogens is 347 g/mol. The van der Waals surface area contributed by atoms with Crippen LogP contribution >= 0.6 is 0 Å². The quantitative estimate of drug-likeness (QED) is 0.750. The maximum Gasteiger partial charge on any atom is 0.224 e. The van der Waals surface area contributed by atoms with Crippen LogP contribution in [0.25, 0.3) is 0 Å². The number of hydrogen-bond acceptors (Lipinski definition) is 3. The number of amides is 2. The summed E-state index contributed by atoms with van der Waals surface area (Å²) in [6, 6.07) is 13.7. The van der Waals surface area contributed by atoms with Gasteiger partial charge < -0.3 is 15.4 Å². The fourth-order valence-corrected chi connectivity index (χ4v) is 3.05. The van der Waals surface area contributed by atoms with E-state index in [1.807, 2.05) is 24.3 Å². The highest BCUT2D eigenvalue weighted by Gasteiger charge is 2.47. The summed E-state index contributed by atoms with van der Waals surface area (Å²) < 4.78 is 18.1. The Hall–Kier alpha value is -2.89. The summed E-state index contributed by atoms with van der Waals surface area (Å²) in [4.78, 5) is 24.4. The van der Waals surface area contributed by atoms with E-state index in [2.05, 4.69) is 10.6 Å². The van der Waals surface area contributed by atoms with Crippen molar-refractivity contribution >= 4 is 11.8 Å². The van der Waals surface area contributed by atoms with Crippen molar-refractivity contribution in [1.29, 1.82) is 0 Å². The average molecular weight is 370 g/mol. The molecule has 3 rings (SSSR count). The van der Waals surface area contributed by atoms with Crippen molar-refractivity contribution in [1.82, 2.24) is 10.6 Å². The molecule has 1 fully saturated rings. The van der Waals surface area contributed by atoms with Crippen LogP contribution in [0.3, 0.4) is 0 Å². The molecule has 0 heterocycles. The summed E-state index contributed by atoms with van der Waals surface area (Å²) in [5, 5.41) is 5.73. The molecule has 6 heteroatoms. The molecule has 2 aromatic rings. The molecular formula is C21H23FN2O3. The van der Waals surface area contributed by atoms with Crippen molar-refractivity contribution < 1.29 is 18.7 Å². The Morgan fingerprint density at radius 3 is 2.41 bits per heavy atom. The Bertz CT molecular complexity index is 807. The van der Waals surface area contributed by atoms with Crippen molar-refractivity contribution in [2.75, 3.05) is 13.7 Å². The van der Waals surface area contributed by atoms with Crippen LogP contribution in [0.2, 0.25) is 0 Å². The number of nitrogens with one attached hydrogen (secondary N) is 2. The molecule has 2 aromatic carbocycles. The fraction of sp³-hybridized carbons (Fsp3) is 0.333. The van der Waals surface area contributed by atoms with Crippen LogP contribution in [-0.4, -0.2) is 25.5 Å². The number of carbonyl (C=O) groups excluding carboxylic acids is 2. The summed E-state index contributed by atoms with van der Waals surface area (Å²) in [5.41, 5.74) is 1.85. The summed E-state index contributed by atoms with van der Waals surface area (Å²) in [5.74, 6) is -0.304. The maximum atomic E-state index is 12.9. The summed E-state index contributed by atoms with van der Waals surface area (Å²) in [7, 11) is 1.59. The van der Waals surface area contributed by atoms with Crippen LogP contribution in [0.15, 0.2) is 48.5 Å². The topological polar surface area (TPSA) is 67.4 Å². The molecule has 27 heavy (non-hydrogen) atoms. The third-order valence-corrected chi connectivity index (χ3v) is 4.74. The highest BCUT2D eigenvalue weighted by atomic mass is 19.1. The van der Waals surface area contributed by atoms with Crippen molar-refractivity contribution in [2.24, 2.45) is 11.8 Å². The van der Waals surface area contributed by atoms with Crippen LogP contribution in [0.4, 0.5) is 4.39 Å². The van der Waals surface area contributed by atoms with Gasteiger partial charge in [0.25, 0.3) is 0 Å². The number of carbonyl (C=O) groups is 2. The average Bonchev–Trinajstić information content (AvgIpc) is 3.49. The standard InChI is InChI=1S/C21H23FN2O3/c1-27-19-5-3-2-4-15(19)13-24-21(26)18-12-17(18)20(25)23-11-10-14-6-8-16(22)9-7-14/h2-9,17-18H,10-13H2,1H3,(H,23,25)(H,24,26). The normalized spacial score (nSPS) is 17.9. The first-order chi connectivity index (χ1) is 13.1. The lowest BCUT2D eigenvalue weighted by atomic mass is 10.1. The maximum absolute atomic E-state index is 12.9. The minimum absolute atomic E-state index is 0.102. The summed E-state index contributed by atoms with van der Waals surface area (Å²) in [6.07, 6.45) is 1.20. The van der Waals surface area contributed by atoms with Crippen LogP contribution in [-0.2, 0) is 22.6 Å². The van der Waals surface area contributed by atoms with E-state index in [0.717, 1.165) is 16.9 Å². The molecule has 0 aromatic heterocycles. The number of ether oxygens (including phenoxy) is 1. The van der Waals surface area contributed by atoms with E-state index in [9.17, 15) is 14.0 Å². The fourth-order valence-electron chi connectivity index (χ4n) is 3.05. The monoisotopic (exact) mass is 370 g/mol. The van der Waals surface area contributed by atoms with Gasteiger partial charge in [-0.15, -0.1) is 0 Å². The Morgan fingerprint density at radius 1 is 1.04 bits per heavy atom. The highest BCUT2D eigenvalue weighted by molar-refractivity contribution is 5.92. The molecule has 0 aliphatic heterocycles. The number of benzene rings is 2. The molecule has 5 nitrogen and oxygen atoms in total. The SMILES string of the molecule is COc1ccccc1CNC(=O)C1CC1C(=O)NCCc1ccc(F)cc1. The zero-order chi connectivity index (χ0) is 19.2. The second-order valence-electron chi connectivity index (χ2n) is 6.65. The van der Waals surface area contributed by atoms with E-state index in [1.54, 1.807) is 19.2 Å². The lowest BCUT2D eigenvalue weighted by Crippen LogP contribution is -2.31. The Labute approximate surface area is 157 Å². The minimum atomic E-state index is -0.275. The largest absolute Gasteiger partial charge is 0.496 e. The van der Waals surface area contributed by atoms with Crippen molar-refractivity contribution in [3.05, 3.63) is 65.5 Å². The second-order valence-corrected chi connectivity index (χ2v) is 6.65. The lowest BCUT2D eigenvalue weighted by Gasteiger charge is -2.09. The molecule has 0 bridgehead atoms. The van der Waals surface area contributed by atoms with E-state index in [-0.39, 0.29) is 29.5 Å². The van der Waals surface area contributed by atoms with Crippen LogP contribution in [0.5, 0.6) is 5.75 Å². The van der Waals surface area contributed by atoms with Gasteiger partial charge in [0.15, 0.2) is 0 Å². The number of methoxy groups -OCH3 is 1. The molecule has 1 saturated carbocycles. The summed E-state index contributed by atoms with van der Waals surface area (Å²) >= 11 is 0. The van der Waals surface area contributed by atoms with E-state index in [0.29, 0.717) is 25.9 Å². The molecule has 2 amide bonds. The zero-order valence-electron chi connectivity index (χ0n) is 15.2. The van der Waals surface area contributed by atoms with Gasteiger partial charge in [0.05, 0.1) is 18.9 Å². The number of halogens is 1. The molecule has 0 saturated heterocycles. The van der Waals surface area contributed by atoms with Crippen molar-refractivity contribution in [3.8, 4) is 5.75 Å². The van der Waals surface area contributed by atoms with E-state index >= 15 is 0 Å².